The molecule has 7 nitrogen and oxygen atoms in total. The van der Waals surface area contributed by atoms with Crippen molar-refractivity contribution in [1.82, 2.24) is 14.5 Å². The van der Waals surface area contributed by atoms with Crippen molar-refractivity contribution in [1.29, 1.82) is 0 Å². The molecule has 7 heteroatoms. The van der Waals surface area contributed by atoms with Crippen LogP contribution in [0, 0.1) is 0 Å². The number of benzene rings is 2. The Morgan fingerprint density at radius 2 is 1.82 bits per heavy atom. The minimum atomic E-state index is -0.673. The van der Waals surface area contributed by atoms with E-state index in [4.69, 9.17) is 4.74 Å². The Morgan fingerprint density at radius 3 is 2.48 bits per heavy atom. The predicted molar refractivity (Wildman–Crippen MR) is 125 cm³/mol. The Bertz CT molecular complexity index is 1120. The average molecular weight is 446 g/mol. The van der Waals surface area contributed by atoms with Gasteiger partial charge >= 0.3 is 0 Å². The Hall–Kier alpha value is -3.87. The number of imidazole rings is 1. The molecule has 1 saturated heterocycles. The summed E-state index contributed by atoms with van der Waals surface area (Å²) in [4.78, 5) is 31.7. The number of ketones is 1. The summed E-state index contributed by atoms with van der Waals surface area (Å²) in [6.07, 6.45) is 6.82. The number of likely N-dealkylation sites (tertiary alicyclic amines) is 1. The molecule has 0 saturated carbocycles. The Labute approximate surface area is 192 Å². The third-order valence-electron chi connectivity index (χ3n) is 5.63. The van der Waals surface area contributed by atoms with Gasteiger partial charge in [0, 0.05) is 31.0 Å². The lowest BCUT2D eigenvalue weighted by atomic mass is 9.95. The Morgan fingerprint density at radius 1 is 1.06 bits per heavy atom. The van der Waals surface area contributed by atoms with E-state index in [9.17, 15) is 14.7 Å². The lowest BCUT2D eigenvalue weighted by molar-refractivity contribution is -0.139. The topological polar surface area (TPSA) is 84.7 Å². The largest absolute Gasteiger partial charge is 0.507 e. The minimum Gasteiger partial charge on any atom is -0.507 e. The first kappa shape index (κ1) is 22.3. The highest BCUT2D eigenvalue weighted by molar-refractivity contribution is 6.46. The average Bonchev–Trinajstić information content (AvgIpc) is 3.45. The summed E-state index contributed by atoms with van der Waals surface area (Å²) in [7, 11) is 0. The summed E-state index contributed by atoms with van der Waals surface area (Å²) in [5, 5.41) is 11.0. The molecule has 1 aliphatic rings. The van der Waals surface area contributed by atoms with Crippen LogP contribution in [0.25, 0.3) is 5.76 Å². The molecule has 1 atom stereocenters. The van der Waals surface area contributed by atoms with Crippen LogP contribution in [0.15, 0.2) is 78.9 Å². The van der Waals surface area contributed by atoms with Crippen molar-refractivity contribution in [2.24, 2.45) is 0 Å². The molecule has 33 heavy (non-hydrogen) atoms. The van der Waals surface area contributed by atoms with Crippen molar-refractivity contribution in [3.63, 3.8) is 0 Å². The molecule has 1 aromatic heterocycles. The van der Waals surface area contributed by atoms with E-state index in [1.807, 2.05) is 48.0 Å². The van der Waals surface area contributed by atoms with E-state index in [2.05, 4.69) is 4.98 Å². The smallest absolute Gasteiger partial charge is 0.295 e. The number of rotatable bonds is 9. The van der Waals surface area contributed by atoms with Gasteiger partial charge in [-0.1, -0.05) is 49.4 Å². The van der Waals surface area contributed by atoms with Crippen LogP contribution in [-0.4, -0.2) is 44.4 Å². The fourth-order valence-electron chi connectivity index (χ4n) is 4.02. The Kier molecular flexibility index (Phi) is 6.88. The quantitative estimate of drug-likeness (QED) is 0.303. The van der Waals surface area contributed by atoms with Crippen LogP contribution in [0.4, 0.5) is 0 Å². The monoisotopic (exact) mass is 445 g/mol. The number of aliphatic hydroxyl groups is 1. The van der Waals surface area contributed by atoms with Crippen molar-refractivity contribution in [2.75, 3.05) is 13.2 Å². The van der Waals surface area contributed by atoms with Crippen molar-refractivity contribution >= 4 is 17.4 Å². The number of aromatic nitrogens is 2. The standard InChI is InChI=1S/C26H27N3O4/c1-2-17-33-21-11-9-19(10-12-21)23-22(24(30)20-7-4-3-5-8-20)25(31)26(32)29(23)15-6-14-28-16-13-27-18-28/h3-5,7-13,16,18,23,30H,2,6,14-15,17H2,1H3/b24-22+/t23-/m1/s1. The maximum absolute atomic E-state index is 13.1. The van der Waals surface area contributed by atoms with E-state index in [0.29, 0.717) is 31.7 Å². The van der Waals surface area contributed by atoms with E-state index in [1.165, 1.54) is 0 Å². The minimum absolute atomic E-state index is 0.107. The summed E-state index contributed by atoms with van der Waals surface area (Å²) >= 11 is 0. The van der Waals surface area contributed by atoms with Crippen LogP contribution in [0.1, 0.15) is 36.9 Å². The molecule has 0 spiro atoms. The molecule has 4 rings (SSSR count). The second-order valence-electron chi connectivity index (χ2n) is 7.93. The number of Topliss-reactive ketones (excluding diaryl/α,β-unsaturated/α-hetero) is 1. The molecule has 170 valence electrons. The fourth-order valence-corrected chi connectivity index (χ4v) is 4.02. The van der Waals surface area contributed by atoms with Crippen molar-refractivity contribution in [2.45, 2.75) is 32.4 Å². The number of aliphatic hydroxyl groups excluding tert-OH is 1. The van der Waals surface area contributed by atoms with Crippen LogP contribution >= 0.6 is 0 Å². The lowest BCUT2D eigenvalue weighted by Crippen LogP contribution is -2.31. The van der Waals surface area contributed by atoms with Crippen molar-refractivity contribution in [3.05, 3.63) is 90.0 Å². The first-order valence-electron chi connectivity index (χ1n) is 11.1. The first-order chi connectivity index (χ1) is 16.1. The zero-order chi connectivity index (χ0) is 23.2. The lowest BCUT2D eigenvalue weighted by Gasteiger charge is -2.25. The maximum atomic E-state index is 13.1. The normalized spacial score (nSPS) is 17.5. The van der Waals surface area contributed by atoms with E-state index in [-0.39, 0.29) is 11.3 Å². The summed E-state index contributed by atoms with van der Waals surface area (Å²) in [6.45, 7) is 3.68. The van der Waals surface area contributed by atoms with Gasteiger partial charge in [-0.25, -0.2) is 4.98 Å². The number of carbonyl (C=O) groups is 2. The summed E-state index contributed by atoms with van der Waals surface area (Å²) in [5.41, 5.74) is 1.36. The number of amides is 1. The van der Waals surface area contributed by atoms with Gasteiger partial charge in [0.15, 0.2) is 0 Å². The van der Waals surface area contributed by atoms with E-state index < -0.39 is 17.7 Å². The van der Waals surface area contributed by atoms with Gasteiger partial charge in [-0.3, -0.25) is 9.59 Å². The molecule has 0 radical (unpaired) electrons. The van der Waals surface area contributed by atoms with Gasteiger partial charge in [-0.15, -0.1) is 0 Å². The molecule has 1 fully saturated rings. The molecule has 2 aromatic carbocycles. The number of hydrogen-bond acceptors (Lipinski definition) is 5. The Balaban J connectivity index is 1.68. The van der Waals surface area contributed by atoms with Gasteiger partial charge in [0.25, 0.3) is 11.7 Å². The fraction of sp³-hybridized carbons (Fsp3) is 0.269. The van der Waals surface area contributed by atoms with Crippen LogP contribution in [0.3, 0.4) is 0 Å². The van der Waals surface area contributed by atoms with E-state index >= 15 is 0 Å². The zero-order valence-electron chi connectivity index (χ0n) is 18.6. The molecule has 0 aliphatic carbocycles. The highest BCUT2D eigenvalue weighted by Crippen LogP contribution is 2.39. The van der Waals surface area contributed by atoms with Gasteiger partial charge in [0.2, 0.25) is 0 Å². The molecule has 1 aliphatic heterocycles. The van der Waals surface area contributed by atoms with Crippen LogP contribution in [0.2, 0.25) is 0 Å². The number of nitrogens with zero attached hydrogens (tertiary/aromatic N) is 3. The third kappa shape index (κ3) is 4.82. The van der Waals surface area contributed by atoms with Crippen LogP contribution in [-0.2, 0) is 16.1 Å². The highest BCUT2D eigenvalue weighted by Gasteiger charge is 2.45. The summed E-state index contributed by atoms with van der Waals surface area (Å²) in [5.74, 6) is -0.715. The molecular formula is C26H27N3O4. The molecule has 2 heterocycles. The number of ether oxygens (including phenoxy) is 1. The predicted octanol–water partition coefficient (Wildman–Crippen LogP) is 4.18. The number of aryl methyl sites for hydroxylation is 1. The zero-order valence-corrected chi connectivity index (χ0v) is 18.6. The van der Waals surface area contributed by atoms with Crippen LogP contribution < -0.4 is 4.74 Å². The third-order valence-corrected chi connectivity index (χ3v) is 5.63. The van der Waals surface area contributed by atoms with Gasteiger partial charge in [0.1, 0.15) is 11.5 Å². The van der Waals surface area contributed by atoms with Crippen LogP contribution in [0.5, 0.6) is 5.75 Å². The summed E-state index contributed by atoms with van der Waals surface area (Å²) < 4.78 is 7.60. The first-order valence-corrected chi connectivity index (χ1v) is 11.1. The second kappa shape index (κ2) is 10.2. The van der Waals surface area contributed by atoms with Crippen molar-refractivity contribution in [3.8, 4) is 5.75 Å². The number of carbonyl (C=O) groups excluding carboxylic acids is 2. The summed E-state index contributed by atoms with van der Waals surface area (Å²) in [6, 6.07) is 15.5. The molecular weight excluding hydrogens is 418 g/mol. The van der Waals surface area contributed by atoms with E-state index in [0.717, 1.165) is 17.7 Å². The number of hydrogen-bond donors (Lipinski definition) is 1. The molecule has 0 bridgehead atoms. The van der Waals surface area contributed by atoms with Gasteiger partial charge < -0.3 is 19.3 Å². The molecule has 1 amide bonds. The van der Waals surface area contributed by atoms with Gasteiger partial charge in [-0.2, -0.15) is 0 Å². The SMILES string of the molecule is CCCOc1ccc([C@@H]2/C(=C(\O)c3ccccc3)C(=O)C(=O)N2CCCn2ccnc2)cc1. The van der Waals surface area contributed by atoms with E-state index in [1.54, 1.807) is 41.7 Å². The molecule has 0 unspecified atom stereocenters. The molecule has 1 N–H and O–H groups in total. The van der Waals surface area contributed by atoms with Gasteiger partial charge in [0.05, 0.1) is 24.5 Å². The maximum Gasteiger partial charge on any atom is 0.295 e. The van der Waals surface area contributed by atoms with Gasteiger partial charge in [-0.05, 0) is 30.5 Å². The highest BCUT2D eigenvalue weighted by atomic mass is 16.5. The molecule has 3 aromatic rings. The second-order valence-corrected chi connectivity index (χ2v) is 7.93. The van der Waals surface area contributed by atoms with Crippen molar-refractivity contribution < 1.29 is 19.4 Å².